The van der Waals surface area contributed by atoms with Crippen molar-refractivity contribution in [2.24, 2.45) is 5.92 Å². The molecule has 2 aliphatic heterocycles. The Kier molecular flexibility index (Phi) is 8.43. The third kappa shape index (κ3) is 6.25. The van der Waals surface area contributed by atoms with E-state index < -0.39 is 53.6 Å². The highest BCUT2D eigenvalue weighted by molar-refractivity contribution is 6.06. The van der Waals surface area contributed by atoms with Crippen molar-refractivity contribution in [1.82, 2.24) is 9.80 Å². The Bertz CT molecular complexity index is 1010. The normalized spacial score (nSPS) is 20.9. The first kappa shape index (κ1) is 27.2. The Morgan fingerprint density at radius 2 is 1.78 bits per heavy atom. The van der Waals surface area contributed by atoms with Crippen LogP contribution in [-0.2, 0) is 35.0 Å². The highest BCUT2D eigenvalue weighted by atomic mass is 16.6. The molecule has 3 atom stereocenters. The molecule has 0 saturated carbocycles. The summed E-state index contributed by atoms with van der Waals surface area (Å²) >= 11 is 0. The predicted octanol–water partition coefficient (Wildman–Crippen LogP) is 3.46. The molecule has 3 amide bonds. The van der Waals surface area contributed by atoms with Gasteiger partial charge in [0, 0.05) is 19.0 Å². The molecular formula is C27H36N2O7. The third-order valence-electron chi connectivity index (χ3n) is 6.13. The lowest BCUT2D eigenvalue weighted by Crippen LogP contribution is -2.51. The number of carbonyl (C=O) groups excluding carboxylic acids is 4. The summed E-state index contributed by atoms with van der Waals surface area (Å²) in [6, 6.07) is 7.96. The molecule has 0 spiro atoms. The fourth-order valence-electron chi connectivity index (χ4n) is 4.42. The number of nitrogens with zero attached hydrogens (tertiary/aromatic N) is 2. The van der Waals surface area contributed by atoms with Gasteiger partial charge in [0.15, 0.2) is 6.10 Å². The SMILES string of the molecule is COC1=CC(=O)N(C(=O)[C@@H](OC(=O)[C@@H]2CCCN2C(=O)OC(C)(C)C)C(C)C)[C@H]1Cc1ccccc1. The van der Waals surface area contributed by atoms with Gasteiger partial charge in [0.25, 0.3) is 11.8 Å². The number of likely N-dealkylation sites (tertiary alicyclic amines) is 1. The number of hydrogen-bond acceptors (Lipinski definition) is 7. The number of ether oxygens (including phenoxy) is 3. The van der Waals surface area contributed by atoms with E-state index in [2.05, 4.69) is 0 Å². The van der Waals surface area contributed by atoms with Crippen LogP contribution in [0.25, 0.3) is 0 Å². The van der Waals surface area contributed by atoms with Crippen molar-refractivity contribution >= 4 is 23.9 Å². The van der Waals surface area contributed by atoms with E-state index in [0.717, 1.165) is 10.5 Å². The van der Waals surface area contributed by atoms with Crippen LogP contribution in [0.2, 0.25) is 0 Å². The molecule has 9 heteroatoms. The number of esters is 1. The molecular weight excluding hydrogens is 464 g/mol. The maximum atomic E-state index is 13.6. The Morgan fingerprint density at radius 3 is 2.36 bits per heavy atom. The van der Waals surface area contributed by atoms with Crippen LogP contribution in [0.5, 0.6) is 0 Å². The Labute approximate surface area is 212 Å². The zero-order valence-corrected chi connectivity index (χ0v) is 21.9. The summed E-state index contributed by atoms with van der Waals surface area (Å²) in [6.07, 6.45) is 0.888. The summed E-state index contributed by atoms with van der Waals surface area (Å²) in [5.41, 5.74) is 0.218. The number of amides is 3. The highest BCUT2D eigenvalue weighted by Crippen LogP contribution is 2.28. The molecule has 1 fully saturated rings. The molecule has 0 aliphatic carbocycles. The molecule has 36 heavy (non-hydrogen) atoms. The maximum absolute atomic E-state index is 13.6. The second-order valence-electron chi connectivity index (χ2n) is 10.4. The molecule has 1 aromatic carbocycles. The van der Waals surface area contributed by atoms with Crippen LogP contribution >= 0.6 is 0 Å². The first-order valence-electron chi connectivity index (χ1n) is 12.3. The van der Waals surface area contributed by atoms with E-state index in [1.165, 1.54) is 18.1 Å². The van der Waals surface area contributed by atoms with Gasteiger partial charge in [-0.1, -0.05) is 44.2 Å². The van der Waals surface area contributed by atoms with Crippen LogP contribution in [0.4, 0.5) is 4.79 Å². The first-order valence-corrected chi connectivity index (χ1v) is 12.3. The fraction of sp³-hybridized carbons (Fsp3) is 0.556. The molecule has 9 nitrogen and oxygen atoms in total. The van der Waals surface area contributed by atoms with Gasteiger partial charge in [0.1, 0.15) is 23.4 Å². The molecule has 196 valence electrons. The van der Waals surface area contributed by atoms with Crippen LogP contribution in [-0.4, -0.2) is 71.1 Å². The van der Waals surface area contributed by atoms with Crippen molar-refractivity contribution in [3.8, 4) is 0 Å². The maximum Gasteiger partial charge on any atom is 0.411 e. The summed E-state index contributed by atoms with van der Waals surface area (Å²) in [4.78, 5) is 54.8. The fourth-order valence-corrected chi connectivity index (χ4v) is 4.42. The summed E-state index contributed by atoms with van der Waals surface area (Å²) in [5.74, 6) is -1.85. The molecule has 1 saturated heterocycles. The van der Waals surface area contributed by atoms with Gasteiger partial charge in [-0.15, -0.1) is 0 Å². The van der Waals surface area contributed by atoms with E-state index >= 15 is 0 Å². The number of benzene rings is 1. The molecule has 1 aromatic rings. The standard InChI is InChI=1S/C27H36N2O7/c1-17(2)23(35-25(32)19-13-10-14-28(19)26(33)36-27(3,4)5)24(31)29-20(21(34-6)16-22(29)30)15-18-11-8-7-9-12-18/h7-9,11-12,16-17,19-20,23H,10,13-15H2,1-6H3/t19-,20-,23-/m0/s1. The average Bonchev–Trinajstić information content (AvgIpc) is 3.41. The van der Waals surface area contributed by atoms with Crippen LogP contribution in [0.3, 0.4) is 0 Å². The quantitative estimate of drug-likeness (QED) is 0.528. The van der Waals surface area contributed by atoms with Crippen LogP contribution < -0.4 is 0 Å². The Balaban J connectivity index is 1.78. The molecule has 0 radical (unpaired) electrons. The second kappa shape index (κ2) is 11.1. The van der Waals surface area contributed by atoms with E-state index in [-0.39, 0.29) is 0 Å². The minimum absolute atomic E-state index is 0.361. The van der Waals surface area contributed by atoms with Crippen molar-refractivity contribution in [2.45, 2.75) is 77.7 Å². The van der Waals surface area contributed by atoms with Crippen molar-refractivity contribution < 1.29 is 33.4 Å². The van der Waals surface area contributed by atoms with Gasteiger partial charge in [-0.2, -0.15) is 0 Å². The lowest BCUT2D eigenvalue weighted by atomic mass is 10.0. The van der Waals surface area contributed by atoms with E-state index in [4.69, 9.17) is 14.2 Å². The number of carbonyl (C=O) groups is 4. The number of imide groups is 1. The molecule has 2 aliphatic rings. The molecule has 0 N–H and O–H groups in total. The Hall–Kier alpha value is -3.36. The lowest BCUT2D eigenvalue weighted by Gasteiger charge is -2.32. The molecule has 0 unspecified atom stereocenters. The van der Waals surface area contributed by atoms with E-state index in [1.54, 1.807) is 34.6 Å². The van der Waals surface area contributed by atoms with Crippen LogP contribution in [0, 0.1) is 5.92 Å². The van der Waals surface area contributed by atoms with Gasteiger partial charge in [-0.25, -0.2) is 9.59 Å². The largest absolute Gasteiger partial charge is 0.499 e. The van der Waals surface area contributed by atoms with Gasteiger partial charge in [0.05, 0.1) is 7.11 Å². The summed E-state index contributed by atoms with van der Waals surface area (Å²) in [5, 5.41) is 0. The molecule has 0 bridgehead atoms. The van der Waals surface area contributed by atoms with Gasteiger partial charge < -0.3 is 14.2 Å². The summed E-state index contributed by atoms with van der Waals surface area (Å²) < 4.78 is 16.5. The number of rotatable bonds is 7. The van der Waals surface area contributed by atoms with E-state index in [0.29, 0.717) is 31.6 Å². The summed E-state index contributed by atoms with van der Waals surface area (Å²) in [7, 11) is 1.45. The predicted molar refractivity (Wildman–Crippen MR) is 132 cm³/mol. The van der Waals surface area contributed by atoms with Gasteiger partial charge in [-0.05, 0) is 45.1 Å². The van der Waals surface area contributed by atoms with Gasteiger partial charge in [0.2, 0.25) is 0 Å². The first-order chi connectivity index (χ1) is 16.9. The zero-order valence-electron chi connectivity index (χ0n) is 21.9. The minimum Gasteiger partial charge on any atom is -0.499 e. The van der Waals surface area contributed by atoms with Crippen molar-refractivity contribution in [2.75, 3.05) is 13.7 Å². The number of methoxy groups -OCH3 is 1. The minimum atomic E-state index is -1.20. The van der Waals surface area contributed by atoms with Crippen molar-refractivity contribution in [1.29, 1.82) is 0 Å². The zero-order chi connectivity index (χ0) is 26.6. The molecule has 0 aromatic heterocycles. The van der Waals surface area contributed by atoms with Crippen LogP contribution in [0.1, 0.15) is 53.0 Å². The van der Waals surface area contributed by atoms with Crippen molar-refractivity contribution in [3.63, 3.8) is 0 Å². The lowest BCUT2D eigenvalue weighted by molar-refractivity contribution is -0.169. The highest BCUT2D eigenvalue weighted by Gasteiger charge is 2.45. The topological polar surface area (TPSA) is 102 Å². The molecule has 2 heterocycles. The third-order valence-corrected chi connectivity index (χ3v) is 6.13. The smallest absolute Gasteiger partial charge is 0.411 e. The summed E-state index contributed by atoms with van der Waals surface area (Å²) in [6.45, 7) is 9.11. The average molecular weight is 501 g/mol. The van der Waals surface area contributed by atoms with E-state index in [9.17, 15) is 19.2 Å². The van der Waals surface area contributed by atoms with Crippen LogP contribution in [0.15, 0.2) is 42.2 Å². The Morgan fingerprint density at radius 1 is 1.11 bits per heavy atom. The second-order valence-corrected chi connectivity index (χ2v) is 10.4. The molecule has 3 rings (SSSR count). The monoisotopic (exact) mass is 500 g/mol. The van der Waals surface area contributed by atoms with Gasteiger partial charge in [-0.3, -0.25) is 19.4 Å². The van der Waals surface area contributed by atoms with E-state index in [1.807, 2.05) is 30.3 Å². The van der Waals surface area contributed by atoms with Gasteiger partial charge >= 0.3 is 12.1 Å². The number of hydrogen-bond donors (Lipinski definition) is 0. The van der Waals surface area contributed by atoms with Crippen molar-refractivity contribution in [3.05, 3.63) is 47.7 Å².